The normalized spacial score (nSPS) is 14.9. The summed E-state index contributed by atoms with van der Waals surface area (Å²) in [6.45, 7) is 9.11. The summed E-state index contributed by atoms with van der Waals surface area (Å²) >= 11 is 0. The van der Waals surface area contributed by atoms with Crippen LogP contribution in [-0.4, -0.2) is 80.2 Å². The summed E-state index contributed by atoms with van der Waals surface area (Å²) in [6.07, 6.45) is 7.07. The lowest BCUT2D eigenvalue weighted by atomic mass is 10.0. The third-order valence-electron chi connectivity index (χ3n) is 7.61. The number of anilines is 4. The molecule has 6 rings (SSSR count). The highest BCUT2D eigenvalue weighted by Gasteiger charge is 2.27. The average molecular weight is 608 g/mol. The Hall–Kier alpha value is -5.26. The fourth-order valence-corrected chi connectivity index (χ4v) is 5.38. The van der Waals surface area contributed by atoms with E-state index in [1.165, 1.54) is 5.56 Å². The summed E-state index contributed by atoms with van der Waals surface area (Å²) in [7, 11) is 0. The quantitative estimate of drug-likeness (QED) is 0.310. The molecule has 2 aliphatic rings. The SMILES string of the molecule is CC(C)(C)OC(=O)N1CCN(c2cc(-c3cc(NC(=O)N4CCc5ccccc5C4)cc(Nc4cnccn4)n3)ccn2)CC1. The number of rotatable bonds is 5. The molecule has 0 saturated carbocycles. The maximum atomic E-state index is 13.4. The average Bonchev–Trinajstić information content (AvgIpc) is 3.04. The Labute approximate surface area is 262 Å². The first-order chi connectivity index (χ1) is 21.7. The van der Waals surface area contributed by atoms with Crippen molar-refractivity contribution in [2.24, 2.45) is 0 Å². The maximum Gasteiger partial charge on any atom is 0.410 e. The lowest BCUT2D eigenvalue weighted by Crippen LogP contribution is -2.50. The van der Waals surface area contributed by atoms with Crippen molar-refractivity contribution in [3.05, 3.63) is 84.4 Å². The van der Waals surface area contributed by atoms with Crippen molar-refractivity contribution in [1.82, 2.24) is 29.7 Å². The third kappa shape index (κ3) is 7.46. The summed E-state index contributed by atoms with van der Waals surface area (Å²) in [4.78, 5) is 49.5. The largest absolute Gasteiger partial charge is 0.444 e. The van der Waals surface area contributed by atoms with Gasteiger partial charge in [0.2, 0.25) is 0 Å². The molecule has 0 bridgehead atoms. The summed E-state index contributed by atoms with van der Waals surface area (Å²) in [5.41, 5.74) is 3.99. The minimum absolute atomic E-state index is 0.176. The molecule has 1 fully saturated rings. The van der Waals surface area contributed by atoms with E-state index < -0.39 is 5.60 Å². The van der Waals surface area contributed by atoms with Gasteiger partial charge in [-0.25, -0.2) is 24.5 Å². The molecule has 45 heavy (non-hydrogen) atoms. The van der Waals surface area contributed by atoms with Crippen LogP contribution in [0, 0.1) is 0 Å². The Morgan fingerprint density at radius 3 is 2.40 bits per heavy atom. The standard InChI is InChI=1S/C33H37N9O3/c1-33(2,3)45-32(44)41-16-14-40(15-17-41)30-18-24(8-10-36-30)27-19-26(20-28(38-27)39-29-21-34-11-12-35-29)37-31(43)42-13-9-23-6-4-5-7-25(23)22-42/h4-8,10-12,18-21H,9,13-17,22H2,1-3H3,(H2,35,37,38,39,43). The first-order valence-electron chi connectivity index (χ1n) is 15.1. The molecular weight excluding hydrogens is 570 g/mol. The molecule has 0 spiro atoms. The predicted octanol–water partition coefficient (Wildman–Crippen LogP) is 5.32. The van der Waals surface area contributed by atoms with Crippen molar-refractivity contribution in [2.45, 2.75) is 39.3 Å². The van der Waals surface area contributed by atoms with Crippen LogP contribution in [0.1, 0.15) is 31.9 Å². The number of piperazine rings is 1. The molecule has 0 aliphatic carbocycles. The second-order valence-corrected chi connectivity index (χ2v) is 12.1. The molecule has 0 unspecified atom stereocenters. The molecule has 3 aromatic heterocycles. The number of hydrogen-bond acceptors (Lipinski definition) is 9. The van der Waals surface area contributed by atoms with Crippen LogP contribution in [0.25, 0.3) is 11.3 Å². The van der Waals surface area contributed by atoms with Crippen molar-refractivity contribution >= 4 is 35.3 Å². The van der Waals surface area contributed by atoms with Crippen LogP contribution in [-0.2, 0) is 17.7 Å². The summed E-state index contributed by atoms with van der Waals surface area (Å²) < 4.78 is 5.54. The second-order valence-electron chi connectivity index (χ2n) is 12.1. The van der Waals surface area contributed by atoms with Crippen LogP contribution < -0.4 is 15.5 Å². The number of carbonyl (C=O) groups is 2. The number of amides is 3. The van der Waals surface area contributed by atoms with Crippen LogP contribution in [0.5, 0.6) is 0 Å². The Morgan fingerprint density at radius 1 is 0.844 bits per heavy atom. The van der Waals surface area contributed by atoms with Gasteiger partial charge in [-0.3, -0.25) is 4.98 Å². The van der Waals surface area contributed by atoms with Crippen LogP contribution in [0.4, 0.5) is 32.7 Å². The highest BCUT2D eigenvalue weighted by atomic mass is 16.6. The van der Waals surface area contributed by atoms with Crippen LogP contribution in [0.2, 0.25) is 0 Å². The minimum Gasteiger partial charge on any atom is -0.444 e. The van der Waals surface area contributed by atoms with E-state index in [2.05, 4.69) is 42.6 Å². The molecule has 0 radical (unpaired) electrons. The number of hydrogen-bond donors (Lipinski definition) is 2. The van der Waals surface area contributed by atoms with Crippen LogP contribution in [0.3, 0.4) is 0 Å². The first-order valence-corrected chi connectivity index (χ1v) is 15.1. The van der Waals surface area contributed by atoms with E-state index in [1.807, 2.05) is 56.0 Å². The lowest BCUT2D eigenvalue weighted by molar-refractivity contribution is 0.0240. The molecular formula is C33H37N9O3. The number of pyridine rings is 2. The monoisotopic (exact) mass is 607 g/mol. The van der Waals surface area contributed by atoms with Gasteiger partial charge >= 0.3 is 12.1 Å². The number of nitrogens with one attached hydrogen (secondary N) is 2. The van der Waals surface area contributed by atoms with Crippen LogP contribution in [0.15, 0.2) is 73.3 Å². The van der Waals surface area contributed by atoms with Gasteiger partial charge in [-0.1, -0.05) is 24.3 Å². The molecule has 4 aromatic rings. The van der Waals surface area contributed by atoms with Crippen LogP contribution >= 0.6 is 0 Å². The van der Waals surface area contributed by atoms with E-state index in [4.69, 9.17) is 9.72 Å². The van der Waals surface area contributed by atoms with Gasteiger partial charge in [0.15, 0.2) is 0 Å². The van der Waals surface area contributed by atoms with Gasteiger partial charge < -0.3 is 30.1 Å². The van der Waals surface area contributed by atoms with Gasteiger partial charge in [-0.2, -0.15) is 0 Å². The molecule has 2 N–H and O–H groups in total. The Bertz CT molecular complexity index is 1670. The zero-order chi connectivity index (χ0) is 31.4. The molecule has 1 saturated heterocycles. The molecule has 5 heterocycles. The summed E-state index contributed by atoms with van der Waals surface area (Å²) in [6, 6.07) is 15.6. The number of ether oxygens (including phenoxy) is 1. The topological polar surface area (TPSA) is 129 Å². The van der Waals surface area contributed by atoms with Crippen molar-refractivity contribution < 1.29 is 14.3 Å². The van der Waals surface area contributed by atoms with E-state index in [-0.39, 0.29) is 12.1 Å². The second kappa shape index (κ2) is 12.8. The van der Waals surface area contributed by atoms with Gasteiger partial charge in [-0.05, 0) is 56.5 Å². The molecule has 0 atom stereocenters. The van der Waals surface area contributed by atoms with Crippen molar-refractivity contribution in [1.29, 1.82) is 0 Å². The van der Waals surface area contributed by atoms with Gasteiger partial charge in [0, 0.05) is 75.2 Å². The van der Waals surface area contributed by atoms with E-state index in [0.717, 1.165) is 23.4 Å². The zero-order valence-electron chi connectivity index (χ0n) is 25.7. The van der Waals surface area contributed by atoms with E-state index >= 15 is 0 Å². The summed E-state index contributed by atoms with van der Waals surface area (Å²) in [5.74, 6) is 1.82. The van der Waals surface area contributed by atoms with Gasteiger partial charge in [-0.15, -0.1) is 0 Å². The Balaban J connectivity index is 1.21. The third-order valence-corrected chi connectivity index (χ3v) is 7.61. The molecule has 12 nitrogen and oxygen atoms in total. The van der Waals surface area contributed by atoms with E-state index in [9.17, 15) is 9.59 Å². The number of benzene rings is 1. The van der Waals surface area contributed by atoms with Crippen molar-refractivity contribution in [3.63, 3.8) is 0 Å². The van der Waals surface area contributed by atoms with Gasteiger partial charge in [0.05, 0.1) is 11.9 Å². The fraction of sp³-hybridized carbons (Fsp3) is 0.333. The van der Waals surface area contributed by atoms with Crippen molar-refractivity contribution in [3.8, 4) is 11.3 Å². The van der Waals surface area contributed by atoms with E-state index in [1.54, 1.807) is 35.8 Å². The van der Waals surface area contributed by atoms with Gasteiger partial charge in [0.1, 0.15) is 23.1 Å². The van der Waals surface area contributed by atoms with E-state index in [0.29, 0.717) is 62.3 Å². The predicted molar refractivity (Wildman–Crippen MR) is 172 cm³/mol. The maximum absolute atomic E-state index is 13.4. The minimum atomic E-state index is -0.537. The van der Waals surface area contributed by atoms with Gasteiger partial charge in [0.25, 0.3) is 0 Å². The lowest BCUT2D eigenvalue weighted by Gasteiger charge is -2.36. The number of fused-ring (bicyclic) bond motifs is 1. The molecule has 3 amide bonds. The molecule has 1 aromatic carbocycles. The number of aromatic nitrogens is 4. The molecule has 12 heteroatoms. The Kier molecular flexibility index (Phi) is 8.45. The highest BCUT2D eigenvalue weighted by molar-refractivity contribution is 5.91. The number of nitrogens with zero attached hydrogens (tertiary/aromatic N) is 7. The zero-order valence-corrected chi connectivity index (χ0v) is 25.7. The first kappa shape index (κ1) is 29.8. The molecule has 232 valence electrons. The number of urea groups is 1. The highest BCUT2D eigenvalue weighted by Crippen LogP contribution is 2.29. The van der Waals surface area contributed by atoms with Crippen molar-refractivity contribution in [2.75, 3.05) is 48.3 Å². The Morgan fingerprint density at radius 2 is 1.64 bits per heavy atom. The smallest absolute Gasteiger partial charge is 0.410 e. The summed E-state index contributed by atoms with van der Waals surface area (Å²) in [5, 5.41) is 6.29. The fourth-order valence-electron chi connectivity index (χ4n) is 5.38. The molecule has 2 aliphatic heterocycles. The number of carbonyl (C=O) groups excluding carboxylic acids is 2.